The van der Waals surface area contributed by atoms with Crippen LogP contribution in [0.1, 0.15) is 17.4 Å². The summed E-state index contributed by atoms with van der Waals surface area (Å²) in [6, 6.07) is 8.88. The predicted octanol–water partition coefficient (Wildman–Crippen LogP) is 3.31. The molecule has 2 amide bonds. The second-order valence-electron chi connectivity index (χ2n) is 6.20. The van der Waals surface area contributed by atoms with Gasteiger partial charge in [-0.2, -0.15) is 0 Å². The predicted molar refractivity (Wildman–Crippen MR) is 101 cm³/mol. The van der Waals surface area contributed by atoms with Crippen molar-refractivity contribution in [2.24, 2.45) is 0 Å². The van der Waals surface area contributed by atoms with E-state index in [0.717, 1.165) is 25.2 Å². The van der Waals surface area contributed by atoms with Crippen LogP contribution in [0.4, 0.5) is 9.18 Å². The number of thiophene rings is 1. The monoisotopic (exact) mass is 377 g/mol. The molecule has 2 aromatic rings. The Hall–Kier alpha value is -2.12. The minimum absolute atomic E-state index is 0.102. The van der Waals surface area contributed by atoms with Crippen molar-refractivity contribution >= 4 is 17.4 Å². The molecule has 0 unspecified atom stereocenters. The van der Waals surface area contributed by atoms with E-state index in [4.69, 9.17) is 4.74 Å². The van der Waals surface area contributed by atoms with E-state index in [1.165, 1.54) is 10.9 Å². The number of nitrogens with one attached hydrogen (secondary N) is 1. The van der Waals surface area contributed by atoms with Gasteiger partial charge in [-0.05, 0) is 36.1 Å². The van der Waals surface area contributed by atoms with Gasteiger partial charge in [0.15, 0.2) is 11.6 Å². The first-order chi connectivity index (χ1) is 12.7. The Bertz CT molecular complexity index is 716. The second kappa shape index (κ2) is 9.00. The van der Waals surface area contributed by atoms with Gasteiger partial charge in [-0.1, -0.05) is 12.1 Å². The maximum Gasteiger partial charge on any atom is 0.317 e. The molecule has 0 aliphatic carbocycles. The van der Waals surface area contributed by atoms with E-state index in [1.54, 1.807) is 23.5 Å². The quantitative estimate of drug-likeness (QED) is 0.840. The van der Waals surface area contributed by atoms with E-state index in [0.29, 0.717) is 26.2 Å². The van der Waals surface area contributed by atoms with Crippen LogP contribution < -0.4 is 10.1 Å². The first-order valence-corrected chi connectivity index (χ1v) is 9.72. The molecule has 0 spiro atoms. The van der Waals surface area contributed by atoms with Crippen LogP contribution in [0, 0.1) is 5.82 Å². The first-order valence-electron chi connectivity index (χ1n) is 8.84. The molecule has 3 rings (SSSR count). The van der Waals surface area contributed by atoms with Crippen molar-refractivity contribution in [1.29, 1.82) is 0 Å². The molecule has 140 valence electrons. The summed E-state index contributed by atoms with van der Waals surface area (Å²) in [6.45, 7) is 6.62. The van der Waals surface area contributed by atoms with Gasteiger partial charge in [0.1, 0.15) is 0 Å². The van der Waals surface area contributed by atoms with Crippen LogP contribution in [-0.2, 0) is 13.1 Å². The van der Waals surface area contributed by atoms with Gasteiger partial charge >= 0.3 is 6.03 Å². The summed E-state index contributed by atoms with van der Waals surface area (Å²) in [5, 5.41) is 4.96. The average molecular weight is 377 g/mol. The lowest BCUT2D eigenvalue weighted by atomic mass is 10.2. The molecule has 0 saturated carbocycles. The number of carbonyl (C=O) groups is 1. The van der Waals surface area contributed by atoms with E-state index in [2.05, 4.69) is 27.7 Å². The van der Waals surface area contributed by atoms with Gasteiger partial charge in [0.05, 0.1) is 6.61 Å². The zero-order valence-electron chi connectivity index (χ0n) is 14.9. The summed E-state index contributed by atoms with van der Waals surface area (Å²) < 4.78 is 19.0. The molecule has 2 heterocycles. The van der Waals surface area contributed by atoms with E-state index in [9.17, 15) is 9.18 Å². The van der Waals surface area contributed by atoms with Crippen molar-refractivity contribution < 1.29 is 13.9 Å². The molecule has 0 atom stereocenters. The van der Waals surface area contributed by atoms with Gasteiger partial charge in [0, 0.05) is 44.1 Å². The molecular weight excluding hydrogens is 353 g/mol. The van der Waals surface area contributed by atoms with Crippen molar-refractivity contribution in [3.63, 3.8) is 0 Å². The Labute approximate surface area is 157 Å². The fraction of sp³-hybridized carbons (Fsp3) is 0.421. The topological polar surface area (TPSA) is 44.8 Å². The van der Waals surface area contributed by atoms with E-state index in [-0.39, 0.29) is 11.8 Å². The fourth-order valence-electron chi connectivity index (χ4n) is 2.95. The van der Waals surface area contributed by atoms with Gasteiger partial charge in [0.25, 0.3) is 0 Å². The van der Waals surface area contributed by atoms with Crippen molar-refractivity contribution in [1.82, 2.24) is 15.1 Å². The fourth-order valence-corrected chi connectivity index (χ4v) is 3.69. The van der Waals surface area contributed by atoms with Gasteiger partial charge in [-0.25, -0.2) is 9.18 Å². The number of halogens is 1. The number of benzene rings is 1. The Kier molecular flexibility index (Phi) is 6.46. The molecule has 1 fully saturated rings. The largest absolute Gasteiger partial charge is 0.491 e. The van der Waals surface area contributed by atoms with Crippen LogP contribution in [0.2, 0.25) is 0 Å². The smallest absolute Gasteiger partial charge is 0.317 e. The van der Waals surface area contributed by atoms with Crippen LogP contribution >= 0.6 is 11.3 Å². The average Bonchev–Trinajstić information content (AvgIpc) is 3.15. The third-order valence-electron chi connectivity index (χ3n) is 4.36. The molecule has 1 aliphatic rings. The minimum Gasteiger partial charge on any atom is -0.491 e. The van der Waals surface area contributed by atoms with Crippen molar-refractivity contribution in [3.8, 4) is 5.75 Å². The molecular formula is C19H24FN3O2S. The highest BCUT2D eigenvalue weighted by atomic mass is 32.1. The lowest BCUT2D eigenvalue weighted by molar-refractivity contribution is 0.135. The van der Waals surface area contributed by atoms with Crippen LogP contribution in [0.5, 0.6) is 5.75 Å². The van der Waals surface area contributed by atoms with Crippen molar-refractivity contribution in [3.05, 3.63) is 52.0 Å². The van der Waals surface area contributed by atoms with Gasteiger partial charge in [-0.3, -0.25) is 4.90 Å². The second-order valence-corrected chi connectivity index (χ2v) is 7.23. The Balaban J connectivity index is 1.43. The first kappa shape index (κ1) is 18.7. The summed E-state index contributed by atoms with van der Waals surface area (Å²) in [7, 11) is 0. The molecule has 26 heavy (non-hydrogen) atoms. The number of ether oxygens (including phenoxy) is 1. The molecule has 5 nitrogen and oxygen atoms in total. The van der Waals surface area contributed by atoms with Crippen molar-refractivity contribution in [2.45, 2.75) is 20.0 Å². The maximum atomic E-state index is 13.9. The molecule has 1 N–H and O–H groups in total. The highest BCUT2D eigenvalue weighted by Gasteiger charge is 2.21. The number of urea groups is 1. The van der Waals surface area contributed by atoms with Crippen LogP contribution in [0.3, 0.4) is 0 Å². The zero-order chi connectivity index (χ0) is 18.4. The third kappa shape index (κ3) is 4.95. The maximum absolute atomic E-state index is 13.9. The number of carbonyl (C=O) groups excluding carboxylic acids is 1. The summed E-state index contributed by atoms with van der Waals surface area (Å²) in [4.78, 5) is 17.9. The molecule has 1 saturated heterocycles. The number of nitrogens with zero attached hydrogens (tertiary/aromatic N) is 2. The summed E-state index contributed by atoms with van der Waals surface area (Å²) in [6.07, 6.45) is 0. The van der Waals surface area contributed by atoms with Gasteiger partial charge < -0.3 is 15.0 Å². The van der Waals surface area contributed by atoms with Gasteiger partial charge in [-0.15, -0.1) is 11.3 Å². The van der Waals surface area contributed by atoms with Crippen LogP contribution in [0.25, 0.3) is 0 Å². The van der Waals surface area contributed by atoms with E-state index >= 15 is 0 Å². The Morgan fingerprint density at radius 2 is 2.08 bits per heavy atom. The minimum atomic E-state index is -0.402. The third-order valence-corrected chi connectivity index (χ3v) is 5.22. The lowest BCUT2D eigenvalue weighted by Gasteiger charge is -2.34. The normalized spacial score (nSPS) is 15.1. The highest BCUT2D eigenvalue weighted by Crippen LogP contribution is 2.18. The number of hydrogen-bond donors (Lipinski definition) is 1. The molecule has 7 heteroatoms. The molecule has 1 aromatic heterocycles. The lowest BCUT2D eigenvalue weighted by Crippen LogP contribution is -2.51. The van der Waals surface area contributed by atoms with Crippen LogP contribution in [-0.4, -0.2) is 48.6 Å². The van der Waals surface area contributed by atoms with Crippen molar-refractivity contribution in [2.75, 3.05) is 32.8 Å². The molecule has 0 bridgehead atoms. The molecule has 1 aliphatic heterocycles. The SMILES string of the molecule is CCOc1ccc(CNC(=O)N2CCN(Cc3cccs3)CC2)cc1F. The van der Waals surface area contributed by atoms with Gasteiger partial charge in [0.2, 0.25) is 0 Å². The van der Waals surface area contributed by atoms with Crippen LogP contribution in [0.15, 0.2) is 35.7 Å². The standard InChI is InChI=1S/C19H24FN3O2S/c1-2-25-18-6-5-15(12-17(18)20)13-21-19(24)23-9-7-22(8-10-23)14-16-4-3-11-26-16/h3-6,11-12H,2,7-10,13-14H2,1H3,(H,21,24). The molecule has 0 radical (unpaired) electrons. The Morgan fingerprint density at radius 1 is 1.27 bits per heavy atom. The Morgan fingerprint density at radius 3 is 2.73 bits per heavy atom. The zero-order valence-corrected chi connectivity index (χ0v) is 15.7. The summed E-state index contributed by atoms with van der Waals surface area (Å²) in [5.74, 6) is -0.162. The molecule has 1 aromatic carbocycles. The number of rotatable bonds is 6. The summed E-state index contributed by atoms with van der Waals surface area (Å²) >= 11 is 1.76. The highest BCUT2D eigenvalue weighted by molar-refractivity contribution is 7.09. The number of piperazine rings is 1. The number of hydrogen-bond acceptors (Lipinski definition) is 4. The summed E-state index contributed by atoms with van der Waals surface area (Å²) in [5.41, 5.74) is 0.718. The van der Waals surface area contributed by atoms with E-state index in [1.807, 2.05) is 11.8 Å². The number of amides is 2. The van der Waals surface area contributed by atoms with E-state index < -0.39 is 5.82 Å².